The average molecular weight is 372 g/mol. The van der Waals surface area contributed by atoms with Gasteiger partial charge in [-0.25, -0.2) is 0 Å². The van der Waals surface area contributed by atoms with Gasteiger partial charge in [-0.3, -0.25) is 4.79 Å². The van der Waals surface area contributed by atoms with E-state index in [0.717, 1.165) is 42.1 Å². The standard InChI is InChI=1S/C22H29NO2S/c1-4-16-25-20-13-7-5-10-18(20)11-9-15-23-22(24)19-12-6-8-14-21(19)26-17(2)3/h5-8,10,12-14,17H,4,9,11,15-16H2,1-3H3,(H,23,24). The maximum Gasteiger partial charge on any atom is 0.252 e. The summed E-state index contributed by atoms with van der Waals surface area (Å²) in [5, 5.41) is 3.50. The Balaban J connectivity index is 1.86. The molecule has 0 aliphatic rings. The molecule has 0 atom stereocenters. The summed E-state index contributed by atoms with van der Waals surface area (Å²) in [5.74, 6) is 0.962. The summed E-state index contributed by atoms with van der Waals surface area (Å²) in [6.07, 6.45) is 2.78. The summed E-state index contributed by atoms with van der Waals surface area (Å²) in [6, 6.07) is 16.0. The number of carbonyl (C=O) groups excluding carboxylic acids is 1. The van der Waals surface area contributed by atoms with Gasteiger partial charge < -0.3 is 10.1 Å². The number of nitrogens with one attached hydrogen (secondary N) is 1. The molecule has 0 spiro atoms. The van der Waals surface area contributed by atoms with E-state index in [1.807, 2.05) is 42.5 Å². The van der Waals surface area contributed by atoms with Gasteiger partial charge in [0.15, 0.2) is 0 Å². The first-order chi connectivity index (χ1) is 12.6. The molecule has 140 valence electrons. The minimum absolute atomic E-state index is 0.00395. The lowest BCUT2D eigenvalue weighted by Crippen LogP contribution is -2.25. The van der Waals surface area contributed by atoms with Gasteiger partial charge in [0.25, 0.3) is 5.91 Å². The molecule has 3 nitrogen and oxygen atoms in total. The molecule has 0 unspecified atom stereocenters. The first-order valence-electron chi connectivity index (χ1n) is 9.36. The largest absolute Gasteiger partial charge is 0.493 e. The monoisotopic (exact) mass is 371 g/mol. The molecule has 1 amide bonds. The number of thioether (sulfide) groups is 1. The molecule has 2 rings (SSSR count). The molecule has 0 aliphatic carbocycles. The number of carbonyl (C=O) groups is 1. The van der Waals surface area contributed by atoms with Gasteiger partial charge in [0.2, 0.25) is 0 Å². The lowest BCUT2D eigenvalue weighted by Gasteiger charge is -2.12. The Labute approximate surface area is 161 Å². The third-order valence-electron chi connectivity index (χ3n) is 3.84. The molecule has 0 saturated heterocycles. The van der Waals surface area contributed by atoms with Crippen LogP contribution in [0.15, 0.2) is 53.4 Å². The highest BCUT2D eigenvalue weighted by atomic mass is 32.2. The van der Waals surface area contributed by atoms with Crippen molar-refractivity contribution in [2.75, 3.05) is 13.2 Å². The number of para-hydroxylation sites is 1. The van der Waals surface area contributed by atoms with Crippen molar-refractivity contribution in [3.05, 3.63) is 59.7 Å². The minimum Gasteiger partial charge on any atom is -0.493 e. The molecule has 0 radical (unpaired) electrons. The molecule has 2 aromatic carbocycles. The first-order valence-corrected chi connectivity index (χ1v) is 10.2. The van der Waals surface area contributed by atoms with Gasteiger partial charge in [0.05, 0.1) is 12.2 Å². The van der Waals surface area contributed by atoms with Gasteiger partial charge in [-0.2, -0.15) is 0 Å². The number of amides is 1. The Kier molecular flexibility index (Phi) is 8.56. The molecule has 0 aromatic heterocycles. The Hall–Kier alpha value is -1.94. The van der Waals surface area contributed by atoms with Gasteiger partial charge in [0.1, 0.15) is 5.75 Å². The van der Waals surface area contributed by atoms with E-state index in [1.54, 1.807) is 11.8 Å². The second-order valence-corrected chi connectivity index (χ2v) is 8.10. The van der Waals surface area contributed by atoms with E-state index in [-0.39, 0.29) is 5.91 Å². The molecule has 26 heavy (non-hydrogen) atoms. The highest BCUT2D eigenvalue weighted by molar-refractivity contribution is 8.00. The zero-order valence-electron chi connectivity index (χ0n) is 16.0. The number of benzene rings is 2. The molecular formula is C22H29NO2S. The fourth-order valence-electron chi connectivity index (χ4n) is 2.65. The van der Waals surface area contributed by atoms with Crippen LogP contribution in [0.2, 0.25) is 0 Å². The van der Waals surface area contributed by atoms with Crippen LogP contribution in [0.4, 0.5) is 0 Å². The van der Waals surface area contributed by atoms with Gasteiger partial charge in [0, 0.05) is 16.7 Å². The van der Waals surface area contributed by atoms with Crippen molar-refractivity contribution >= 4 is 17.7 Å². The summed E-state index contributed by atoms with van der Waals surface area (Å²) >= 11 is 1.72. The summed E-state index contributed by atoms with van der Waals surface area (Å²) in [7, 11) is 0. The summed E-state index contributed by atoms with van der Waals surface area (Å²) < 4.78 is 5.80. The number of hydrogen-bond acceptors (Lipinski definition) is 3. The maximum atomic E-state index is 12.5. The highest BCUT2D eigenvalue weighted by Crippen LogP contribution is 2.26. The molecule has 4 heteroatoms. The Morgan fingerprint density at radius 1 is 1.12 bits per heavy atom. The van der Waals surface area contributed by atoms with Crippen molar-refractivity contribution in [1.82, 2.24) is 5.32 Å². The summed E-state index contributed by atoms with van der Waals surface area (Å²) in [4.78, 5) is 13.6. The number of aryl methyl sites for hydroxylation is 1. The van der Waals surface area contributed by atoms with Crippen LogP contribution >= 0.6 is 11.8 Å². The molecule has 0 bridgehead atoms. The van der Waals surface area contributed by atoms with Gasteiger partial charge >= 0.3 is 0 Å². The normalized spacial score (nSPS) is 10.8. The highest BCUT2D eigenvalue weighted by Gasteiger charge is 2.12. The molecule has 0 heterocycles. The van der Waals surface area contributed by atoms with Crippen molar-refractivity contribution < 1.29 is 9.53 Å². The van der Waals surface area contributed by atoms with E-state index in [0.29, 0.717) is 11.8 Å². The Morgan fingerprint density at radius 2 is 1.85 bits per heavy atom. The number of rotatable bonds is 10. The fraction of sp³-hybridized carbons (Fsp3) is 0.409. The third kappa shape index (κ3) is 6.41. The van der Waals surface area contributed by atoms with Crippen LogP contribution in [0.5, 0.6) is 5.75 Å². The number of ether oxygens (including phenoxy) is 1. The predicted molar refractivity (Wildman–Crippen MR) is 110 cm³/mol. The number of hydrogen-bond donors (Lipinski definition) is 1. The minimum atomic E-state index is 0.00395. The van der Waals surface area contributed by atoms with Crippen molar-refractivity contribution in [2.45, 2.75) is 50.2 Å². The van der Waals surface area contributed by atoms with Crippen LogP contribution < -0.4 is 10.1 Å². The van der Waals surface area contributed by atoms with Crippen LogP contribution in [0.3, 0.4) is 0 Å². The average Bonchev–Trinajstić information content (AvgIpc) is 2.64. The van der Waals surface area contributed by atoms with Crippen LogP contribution in [0, 0.1) is 0 Å². The molecule has 0 aliphatic heterocycles. The smallest absolute Gasteiger partial charge is 0.252 e. The summed E-state index contributed by atoms with van der Waals surface area (Å²) in [5.41, 5.74) is 1.96. The van der Waals surface area contributed by atoms with Crippen LogP contribution in [-0.4, -0.2) is 24.3 Å². The van der Waals surface area contributed by atoms with Gasteiger partial charge in [-0.1, -0.05) is 51.1 Å². The molecule has 2 aromatic rings. The molecular weight excluding hydrogens is 342 g/mol. The topological polar surface area (TPSA) is 38.3 Å². The third-order valence-corrected chi connectivity index (χ3v) is 4.92. The van der Waals surface area contributed by atoms with E-state index in [1.165, 1.54) is 5.56 Å². The van der Waals surface area contributed by atoms with Crippen LogP contribution in [0.25, 0.3) is 0 Å². The van der Waals surface area contributed by atoms with Crippen molar-refractivity contribution in [2.24, 2.45) is 0 Å². The second kappa shape index (κ2) is 10.9. The first kappa shape index (κ1) is 20.4. The zero-order chi connectivity index (χ0) is 18.8. The summed E-state index contributed by atoms with van der Waals surface area (Å²) in [6.45, 7) is 7.77. The maximum absolute atomic E-state index is 12.5. The van der Waals surface area contributed by atoms with Crippen molar-refractivity contribution in [3.8, 4) is 5.75 Å². The van der Waals surface area contributed by atoms with Crippen molar-refractivity contribution in [1.29, 1.82) is 0 Å². The van der Waals surface area contributed by atoms with Crippen LogP contribution in [0.1, 0.15) is 49.5 Å². The fourth-order valence-corrected chi connectivity index (χ4v) is 3.60. The molecule has 0 saturated carbocycles. The van der Waals surface area contributed by atoms with E-state index < -0.39 is 0 Å². The SMILES string of the molecule is CCCOc1ccccc1CCCNC(=O)c1ccccc1SC(C)C. The zero-order valence-corrected chi connectivity index (χ0v) is 16.8. The van der Waals surface area contributed by atoms with E-state index in [2.05, 4.69) is 32.2 Å². The molecule has 1 N–H and O–H groups in total. The predicted octanol–water partition coefficient (Wildman–Crippen LogP) is 5.34. The van der Waals surface area contributed by atoms with E-state index in [9.17, 15) is 4.79 Å². The van der Waals surface area contributed by atoms with Crippen molar-refractivity contribution in [3.63, 3.8) is 0 Å². The van der Waals surface area contributed by atoms with E-state index >= 15 is 0 Å². The van der Waals surface area contributed by atoms with Gasteiger partial charge in [-0.15, -0.1) is 11.8 Å². The van der Waals surface area contributed by atoms with Gasteiger partial charge in [-0.05, 0) is 43.0 Å². The Morgan fingerprint density at radius 3 is 2.62 bits per heavy atom. The lowest BCUT2D eigenvalue weighted by atomic mass is 10.1. The Bertz CT molecular complexity index is 700. The second-order valence-electron chi connectivity index (χ2n) is 6.48. The molecule has 0 fully saturated rings. The van der Waals surface area contributed by atoms with E-state index in [4.69, 9.17) is 4.74 Å². The van der Waals surface area contributed by atoms with Crippen LogP contribution in [-0.2, 0) is 6.42 Å². The lowest BCUT2D eigenvalue weighted by molar-refractivity contribution is 0.0950. The quantitative estimate of drug-likeness (QED) is 0.453.